The third-order valence-corrected chi connectivity index (χ3v) is 3.80. The first kappa shape index (κ1) is 15.1. The van der Waals surface area contributed by atoms with Crippen molar-refractivity contribution in [1.82, 2.24) is 14.8 Å². The van der Waals surface area contributed by atoms with Crippen LogP contribution in [0.15, 0.2) is 71.3 Å². The topological polar surface area (TPSA) is 69.9 Å². The van der Waals surface area contributed by atoms with Crippen molar-refractivity contribution in [3.63, 3.8) is 0 Å². The number of oxazole rings is 1. The highest BCUT2D eigenvalue weighted by molar-refractivity contribution is 5.62. The summed E-state index contributed by atoms with van der Waals surface area (Å²) < 4.78 is 20.6. The predicted molar refractivity (Wildman–Crippen MR) is 93.1 cm³/mol. The highest BCUT2D eigenvalue weighted by atomic mass is 19.1. The van der Waals surface area contributed by atoms with Gasteiger partial charge in [-0.3, -0.25) is 4.68 Å². The summed E-state index contributed by atoms with van der Waals surface area (Å²) >= 11 is 0. The van der Waals surface area contributed by atoms with E-state index >= 15 is 0 Å². The van der Waals surface area contributed by atoms with Crippen LogP contribution in [-0.4, -0.2) is 14.8 Å². The minimum Gasteiger partial charge on any atom is -0.444 e. The molecule has 2 heterocycles. The molecule has 2 N–H and O–H groups in total. The second-order valence-corrected chi connectivity index (χ2v) is 5.63. The number of anilines is 1. The summed E-state index contributed by atoms with van der Waals surface area (Å²) in [5.74, 6) is 0.479. The van der Waals surface area contributed by atoms with Gasteiger partial charge in [0.25, 0.3) is 0 Å². The Labute approximate surface area is 143 Å². The quantitative estimate of drug-likeness (QED) is 0.613. The van der Waals surface area contributed by atoms with Gasteiger partial charge in [0.2, 0.25) is 5.89 Å². The Morgan fingerprint density at radius 2 is 1.80 bits per heavy atom. The normalized spacial score (nSPS) is 10.9. The minimum absolute atomic E-state index is 0.330. The Morgan fingerprint density at radius 1 is 1.00 bits per heavy atom. The average molecular weight is 334 g/mol. The number of rotatable bonds is 4. The van der Waals surface area contributed by atoms with Crippen LogP contribution < -0.4 is 5.73 Å². The van der Waals surface area contributed by atoms with Crippen molar-refractivity contribution in [2.45, 2.75) is 6.54 Å². The van der Waals surface area contributed by atoms with Crippen LogP contribution in [0, 0.1) is 5.82 Å². The van der Waals surface area contributed by atoms with Gasteiger partial charge in [-0.1, -0.05) is 36.4 Å². The maximum absolute atomic E-state index is 13.4. The van der Waals surface area contributed by atoms with Crippen molar-refractivity contribution < 1.29 is 8.81 Å². The van der Waals surface area contributed by atoms with Crippen molar-refractivity contribution in [3.05, 3.63) is 78.4 Å². The highest BCUT2D eigenvalue weighted by Gasteiger charge is 2.12. The Hall–Kier alpha value is -3.41. The van der Waals surface area contributed by atoms with Crippen LogP contribution in [0.2, 0.25) is 0 Å². The number of hydrogen-bond acceptors (Lipinski definition) is 4. The first-order valence-corrected chi connectivity index (χ1v) is 7.78. The molecule has 0 atom stereocenters. The van der Waals surface area contributed by atoms with E-state index in [-0.39, 0.29) is 5.82 Å². The predicted octanol–water partition coefficient (Wildman–Crippen LogP) is 3.97. The molecule has 0 fully saturated rings. The lowest BCUT2D eigenvalue weighted by atomic mass is 10.1. The van der Waals surface area contributed by atoms with Gasteiger partial charge in [0, 0.05) is 11.6 Å². The van der Waals surface area contributed by atoms with Crippen molar-refractivity contribution in [2.24, 2.45) is 0 Å². The number of hydrogen-bond donors (Lipinski definition) is 1. The Balaban J connectivity index is 1.64. The maximum atomic E-state index is 13.4. The van der Waals surface area contributed by atoms with Gasteiger partial charge < -0.3 is 10.2 Å². The molecule has 0 saturated carbocycles. The summed E-state index contributed by atoms with van der Waals surface area (Å²) in [5.41, 5.74) is 9.05. The molecule has 0 aliphatic carbocycles. The fourth-order valence-corrected chi connectivity index (χ4v) is 2.69. The second kappa shape index (κ2) is 6.24. The van der Waals surface area contributed by atoms with Gasteiger partial charge >= 0.3 is 0 Å². The summed E-state index contributed by atoms with van der Waals surface area (Å²) in [6, 6.07) is 17.8. The van der Waals surface area contributed by atoms with Gasteiger partial charge in [0.1, 0.15) is 23.6 Å². The van der Waals surface area contributed by atoms with Crippen molar-refractivity contribution >= 4 is 5.82 Å². The molecule has 5 nitrogen and oxygen atoms in total. The van der Waals surface area contributed by atoms with Crippen LogP contribution >= 0.6 is 0 Å². The van der Waals surface area contributed by atoms with E-state index in [0.29, 0.717) is 29.5 Å². The molecule has 0 spiro atoms. The molecule has 0 amide bonds. The van der Waals surface area contributed by atoms with Crippen LogP contribution in [0.5, 0.6) is 0 Å². The van der Waals surface area contributed by atoms with E-state index in [0.717, 1.165) is 11.3 Å². The number of aromatic nitrogens is 3. The third-order valence-electron chi connectivity index (χ3n) is 3.80. The first-order chi connectivity index (χ1) is 12.2. The zero-order valence-electron chi connectivity index (χ0n) is 13.3. The number of halogens is 1. The Bertz CT molecular complexity index is 1010. The molecule has 4 rings (SSSR count). The van der Waals surface area contributed by atoms with E-state index < -0.39 is 0 Å². The van der Waals surface area contributed by atoms with Crippen molar-refractivity contribution in [3.8, 4) is 22.7 Å². The SMILES string of the molecule is Nc1cc(-c2ccccc2)n(Cc2coc(-c3cccc(F)c3)n2)n1. The fraction of sp³-hybridized carbons (Fsp3) is 0.0526. The van der Waals surface area contributed by atoms with Crippen molar-refractivity contribution in [1.29, 1.82) is 0 Å². The number of nitrogen functional groups attached to an aromatic ring is 1. The Kier molecular flexibility index (Phi) is 3.78. The van der Waals surface area contributed by atoms with Crippen LogP contribution in [0.1, 0.15) is 5.69 Å². The molecule has 2 aromatic heterocycles. The molecule has 0 radical (unpaired) electrons. The lowest BCUT2D eigenvalue weighted by Crippen LogP contribution is -2.04. The average Bonchev–Trinajstić information content (AvgIpc) is 3.23. The lowest BCUT2D eigenvalue weighted by Gasteiger charge is -2.05. The van der Waals surface area contributed by atoms with E-state index in [4.69, 9.17) is 10.2 Å². The first-order valence-electron chi connectivity index (χ1n) is 7.78. The smallest absolute Gasteiger partial charge is 0.226 e. The lowest BCUT2D eigenvalue weighted by molar-refractivity contribution is 0.568. The van der Waals surface area contributed by atoms with Gasteiger partial charge in [0.05, 0.1) is 12.2 Å². The van der Waals surface area contributed by atoms with Gasteiger partial charge in [-0.25, -0.2) is 9.37 Å². The van der Waals surface area contributed by atoms with Gasteiger partial charge in [-0.15, -0.1) is 0 Å². The molecule has 4 aromatic rings. The molecule has 0 saturated heterocycles. The fourth-order valence-electron chi connectivity index (χ4n) is 2.69. The van der Waals surface area contributed by atoms with Gasteiger partial charge in [0.15, 0.2) is 0 Å². The van der Waals surface area contributed by atoms with Crippen molar-refractivity contribution in [2.75, 3.05) is 5.73 Å². The summed E-state index contributed by atoms with van der Waals surface area (Å²) in [7, 11) is 0. The van der Waals surface area contributed by atoms with Gasteiger partial charge in [-0.05, 0) is 23.8 Å². The summed E-state index contributed by atoms with van der Waals surface area (Å²) in [5, 5.41) is 4.33. The molecule has 124 valence electrons. The van der Waals surface area contributed by atoms with Crippen LogP contribution in [-0.2, 0) is 6.54 Å². The molecular formula is C19H15FN4O. The monoisotopic (exact) mass is 334 g/mol. The molecule has 0 bridgehead atoms. The van der Waals surface area contributed by atoms with Gasteiger partial charge in [-0.2, -0.15) is 5.10 Å². The van der Waals surface area contributed by atoms with Crippen LogP contribution in [0.25, 0.3) is 22.7 Å². The summed E-state index contributed by atoms with van der Waals surface area (Å²) in [6.45, 7) is 0.403. The molecular weight excluding hydrogens is 319 g/mol. The summed E-state index contributed by atoms with van der Waals surface area (Å²) in [6.07, 6.45) is 1.55. The number of benzene rings is 2. The van der Waals surface area contributed by atoms with Crippen LogP contribution in [0.3, 0.4) is 0 Å². The number of nitrogens with two attached hydrogens (primary N) is 1. The molecule has 0 aliphatic rings. The van der Waals surface area contributed by atoms with E-state index in [1.165, 1.54) is 12.1 Å². The van der Waals surface area contributed by atoms with E-state index in [1.807, 2.05) is 36.4 Å². The van der Waals surface area contributed by atoms with E-state index in [1.54, 1.807) is 23.1 Å². The standard InChI is InChI=1S/C19H15FN4O/c20-15-8-4-7-14(9-15)19-22-16(12-25-19)11-24-17(10-18(21)23-24)13-5-2-1-3-6-13/h1-10,12H,11H2,(H2,21,23). The summed E-state index contributed by atoms with van der Waals surface area (Å²) in [4.78, 5) is 4.43. The van der Waals surface area contributed by atoms with Crippen LogP contribution in [0.4, 0.5) is 10.2 Å². The molecule has 25 heavy (non-hydrogen) atoms. The molecule has 2 aromatic carbocycles. The Morgan fingerprint density at radius 3 is 2.60 bits per heavy atom. The molecule has 0 aliphatic heterocycles. The molecule has 6 heteroatoms. The second-order valence-electron chi connectivity index (χ2n) is 5.63. The zero-order chi connectivity index (χ0) is 17.2. The van der Waals surface area contributed by atoms with E-state index in [2.05, 4.69) is 10.1 Å². The third kappa shape index (κ3) is 3.14. The van der Waals surface area contributed by atoms with E-state index in [9.17, 15) is 4.39 Å². The largest absolute Gasteiger partial charge is 0.444 e. The number of nitrogens with zero attached hydrogens (tertiary/aromatic N) is 3. The molecule has 0 unspecified atom stereocenters. The highest BCUT2D eigenvalue weighted by Crippen LogP contribution is 2.24. The maximum Gasteiger partial charge on any atom is 0.226 e. The minimum atomic E-state index is -0.330. The zero-order valence-corrected chi connectivity index (χ0v) is 13.3.